The fraction of sp³-hybridized carbons (Fsp3) is 0.300. The van der Waals surface area contributed by atoms with Crippen LogP contribution in [0.25, 0.3) is 16.5 Å². The van der Waals surface area contributed by atoms with Gasteiger partial charge in [0.2, 0.25) is 0 Å². The van der Waals surface area contributed by atoms with Gasteiger partial charge in [-0.15, -0.1) is 16.5 Å². The van der Waals surface area contributed by atoms with Crippen LogP contribution in [-0.4, -0.2) is 5.78 Å². The normalized spacial score (nSPS) is 15.1. The minimum atomic E-state index is -0.307. The maximum atomic E-state index is 13.5. The lowest BCUT2D eigenvalue weighted by Crippen LogP contribution is -2.28. The molecular formula is C30H31ClN2OS. The lowest BCUT2D eigenvalue weighted by atomic mass is 9.71. The molecule has 0 fully saturated rings. The van der Waals surface area contributed by atoms with Gasteiger partial charge in [0.05, 0.1) is 10.6 Å². The molecule has 180 valence electrons. The van der Waals surface area contributed by atoms with Crippen LogP contribution in [0.1, 0.15) is 51.3 Å². The number of aryl methyl sites for hydroxylation is 1. The summed E-state index contributed by atoms with van der Waals surface area (Å²) < 4.78 is 0. The number of ketones is 1. The molecule has 0 amide bonds. The number of azo groups is 1. The third-order valence-electron chi connectivity index (χ3n) is 6.09. The monoisotopic (exact) mass is 502 g/mol. The van der Waals surface area contributed by atoms with E-state index in [1.807, 2.05) is 42.5 Å². The molecule has 3 aromatic rings. The summed E-state index contributed by atoms with van der Waals surface area (Å²) in [6, 6.07) is 15.7. The Kier molecular flexibility index (Phi) is 6.74. The average molecular weight is 503 g/mol. The molecule has 0 unspecified atom stereocenters. The van der Waals surface area contributed by atoms with E-state index in [0.29, 0.717) is 5.02 Å². The van der Waals surface area contributed by atoms with Crippen molar-refractivity contribution < 1.29 is 4.79 Å². The molecule has 0 saturated carbocycles. The lowest BCUT2D eigenvalue weighted by Gasteiger charge is -2.31. The van der Waals surface area contributed by atoms with Gasteiger partial charge in [0.15, 0.2) is 5.78 Å². The molecule has 1 aliphatic rings. The second kappa shape index (κ2) is 9.33. The van der Waals surface area contributed by atoms with Crippen molar-refractivity contribution in [3.05, 3.63) is 92.2 Å². The Morgan fingerprint density at radius 1 is 0.829 bits per heavy atom. The van der Waals surface area contributed by atoms with Gasteiger partial charge in [-0.25, -0.2) is 0 Å². The smallest absolute Gasteiger partial charge is 0.186 e. The van der Waals surface area contributed by atoms with Crippen molar-refractivity contribution in [3.63, 3.8) is 0 Å². The van der Waals surface area contributed by atoms with Gasteiger partial charge in [0, 0.05) is 32.0 Å². The molecule has 0 radical (unpaired) electrons. The first-order valence-electron chi connectivity index (χ1n) is 11.8. The summed E-state index contributed by atoms with van der Waals surface area (Å²) in [5, 5.41) is 12.4. The molecule has 5 heteroatoms. The Hall–Kier alpha value is -2.82. The largest absolute Gasteiger partial charge is 0.289 e. The zero-order valence-corrected chi connectivity index (χ0v) is 22.9. The van der Waals surface area contributed by atoms with Crippen molar-refractivity contribution >= 4 is 50.9 Å². The zero-order chi connectivity index (χ0) is 25.5. The van der Waals surface area contributed by atoms with Crippen molar-refractivity contribution in [3.8, 4) is 0 Å². The van der Waals surface area contributed by atoms with Crippen LogP contribution in [0.2, 0.25) is 5.02 Å². The molecule has 0 atom stereocenters. The minimum absolute atomic E-state index is 0.106. The van der Waals surface area contributed by atoms with E-state index >= 15 is 0 Å². The van der Waals surface area contributed by atoms with Crippen LogP contribution >= 0.6 is 22.9 Å². The van der Waals surface area contributed by atoms with E-state index in [1.165, 1.54) is 10.3 Å². The standard InChI is InChI=1S/C30H31ClN2OS/c1-18-22-10-8-9-11-23(22)28(35-18)26(33-32-21-14-12-20(31)13-15-21)19-16-24(29(2,3)4)27(34)25(17-19)30(5,6)7/h8-17H,1-7H3. The highest BCUT2D eigenvalue weighted by molar-refractivity contribution is 7.14. The summed E-state index contributed by atoms with van der Waals surface area (Å²) in [6.07, 6.45) is 4.02. The molecule has 0 N–H and O–H groups in total. The van der Waals surface area contributed by atoms with E-state index in [2.05, 4.69) is 71.8 Å². The van der Waals surface area contributed by atoms with E-state index in [-0.39, 0.29) is 16.6 Å². The molecule has 1 aliphatic carbocycles. The molecular weight excluding hydrogens is 472 g/mol. The predicted molar refractivity (Wildman–Crippen MR) is 150 cm³/mol. The predicted octanol–water partition coefficient (Wildman–Crippen LogP) is 9.89. The van der Waals surface area contributed by atoms with Crippen LogP contribution in [0.3, 0.4) is 0 Å². The number of hydrogen-bond donors (Lipinski definition) is 0. The van der Waals surface area contributed by atoms with Gasteiger partial charge < -0.3 is 0 Å². The number of halogens is 1. The van der Waals surface area contributed by atoms with Gasteiger partial charge in [-0.05, 0) is 59.6 Å². The number of nitrogens with zero attached hydrogens (tertiary/aromatic N) is 2. The topological polar surface area (TPSA) is 41.8 Å². The SMILES string of the molecule is Cc1sc(C(N=Nc2ccc(Cl)cc2)=C2C=C(C(C)(C)C)C(=O)C(C(C)(C)C)=C2)c2ccccc12. The maximum Gasteiger partial charge on any atom is 0.186 e. The molecule has 35 heavy (non-hydrogen) atoms. The molecule has 4 rings (SSSR count). The number of fused-ring (bicyclic) bond motifs is 1. The summed E-state index contributed by atoms with van der Waals surface area (Å²) >= 11 is 7.77. The van der Waals surface area contributed by atoms with Gasteiger partial charge in [-0.2, -0.15) is 5.11 Å². The summed E-state index contributed by atoms with van der Waals surface area (Å²) in [7, 11) is 0. The van der Waals surface area contributed by atoms with Gasteiger partial charge in [-0.3, -0.25) is 4.79 Å². The van der Waals surface area contributed by atoms with Crippen LogP contribution in [0.15, 0.2) is 87.6 Å². The van der Waals surface area contributed by atoms with E-state index < -0.39 is 0 Å². The summed E-state index contributed by atoms with van der Waals surface area (Å²) in [4.78, 5) is 15.8. The Bertz CT molecular complexity index is 1390. The van der Waals surface area contributed by atoms with Crippen molar-refractivity contribution in [1.29, 1.82) is 0 Å². The number of thiophene rings is 1. The van der Waals surface area contributed by atoms with Crippen molar-refractivity contribution in [1.82, 2.24) is 0 Å². The Morgan fingerprint density at radius 2 is 1.37 bits per heavy atom. The van der Waals surface area contributed by atoms with Crippen molar-refractivity contribution in [2.24, 2.45) is 21.1 Å². The second-order valence-corrected chi connectivity index (χ2v) is 12.6. The average Bonchev–Trinajstić information content (AvgIpc) is 3.11. The number of hydrogen-bond acceptors (Lipinski definition) is 4. The maximum absolute atomic E-state index is 13.5. The number of benzene rings is 2. The molecule has 0 bridgehead atoms. The molecule has 0 aliphatic heterocycles. The highest BCUT2D eigenvalue weighted by Gasteiger charge is 2.35. The first kappa shape index (κ1) is 25.3. The third-order valence-corrected chi connectivity index (χ3v) is 7.49. The lowest BCUT2D eigenvalue weighted by molar-refractivity contribution is -0.114. The Labute approximate surface area is 216 Å². The van der Waals surface area contributed by atoms with E-state index in [4.69, 9.17) is 16.7 Å². The van der Waals surface area contributed by atoms with Gasteiger partial charge in [0.25, 0.3) is 0 Å². The molecule has 1 aromatic heterocycles. The summed E-state index contributed by atoms with van der Waals surface area (Å²) in [5.74, 6) is 0.106. The van der Waals surface area contributed by atoms with Gasteiger partial charge >= 0.3 is 0 Å². The van der Waals surface area contributed by atoms with Gasteiger partial charge in [0.1, 0.15) is 5.70 Å². The Balaban J connectivity index is 2.04. The Morgan fingerprint density at radius 3 is 1.91 bits per heavy atom. The van der Waals surface area contributed by atoms with Gasteiger partial charge in [-0.1, -0.05) is 77.4 Å². The van der Waals surface area contributed by atoms with Crippen molar-refractivity contribution in [2.45, 2.75) is 48.5 Å². The van der Waals surface area contributed by atoms with E-state index in [1.54, 1.807) is 11.3 Å². The summed E-state index contributed by atoms with van der Waals surface area (Å²) in [5.41, 5.74) is 3.36. The zero-order valence-electron chi connectivity index (χ0n) is 21.4. The number of carbonyl (C=O) groups excluding carboxylic acids is 1. The summed E-state index contributed by atoms with van der Waals surface area (Å²) in [6.45, 7) is 14.6. The molecule has 3 nitrogen and oxygen atoms in total. The van der Waals surface area contributed by atoms with Crippen LogP contribution in [0.4, 0.5) is 5.69 Å². The first-order chi connectivity index (χ1) is 16.4. The van der Waals surface area contributed by atoms with Crippen LogP contribution in [-0.2, 0) is 4.79 Å². The highest BCUT2D eigenvalue weighted by Crippen LogP contribution is 2.43. The van der Waals surface area contributed by atoms with Crippen LogP contribution in [0, 0.1) is 17.8 Å². The number of Topliss-reactive ketones (excluding diaryl/α,β-unsaturated/α-hetero) is 1. The van der Waals surface area contributed by atoms with Crippen molar-refractivity contribution in [2.75, 3.05) is 0 Å². The van der Waals surface area contributed by atoms with E-state index in [9.17, 15) is 4.79 Å². The third kappa shape index (κ3) is 5.24. The number of allylic oxidation sites excluding steroid dienone is 5. The fourth-order valence-corrected chi connectivity index (χ4v) is 5.42. The molecule has 0 saturated heterocycles. The fourth-order valence-electron chi connectivity index (χ4n) is 4.16. The number of rotatable bonds is 3. The number of carbonyl (C=O) groups is 1. The minimum Gasteiger partial charge on any atom is -0.289 e. The second-order valence-electron chi connectivity index (χ2n) is 11.0. The quantitative estimate of drug-likeness (QED) is 0.328. The van der Waals surface area contributed by atoms with Crippen LogP contribution < -0.4 is 0 Å². The first-order valence-corrected chi connectivity index (χ1v) is 12.9. The van der Waals surface area contributed by atoms with Crippen LogP contribution in [0.5, 0.6) is 0 Å². The molecule has 0 spiro atoms. The highest BCUT2D eigenvalue weighted by atomic mass is 35.5. The molecule has 1 heterocycles. The van der Waals surface area contributed by atoms with E-state index in [0.717, 1.165) is 38.4 Å². The molecule has 2 aromatic carbocycles.